The number of H-pyrrole nitrogens is 2. The zero-order chi connectivity index (χ0) is 34.8. The number of likely N-dealkylation sites (tertiary alicyclic amines) is 2. The van der Waals surface area contributed by atoms with Crippen LogP contribution >= 0.6 is 0 Å². The highest BCUT2D eigenvalue weighted by Crippen LogP contribution is 2.35. The number of aliphatic hydroxyl groups excluding tert-OH is 1. The van der Waals surface area contributed by atoms with E-state index in [4.69, 9.17) is 5.11 Å². The van der Waals surface area contributed by atoms with Gasteiger partial charge in [-0.3, -0.25) is 9.59 Å². The molecule has 7 rings (SSSR count). The molecule has 4 heterocycles. The topological polar surface area (TPSA) is 168 Å². The summed E-state index contributed by atoms with van der Waals surface area (Å²) in [6.45, 7) is 2.68. The number of benzene rings is 3. The van der Waals surface area contributed by atoms with Gasteiger partial charge in [0.05, 0.1) is 35.9 Å². The number of amides is 3. The quantitative estimate of drug-likeness (QED) is 0.131. The number of aliphatic hydroxyl groups is 1. The van der Waals surface area contributed by atoms with Crippen molar-refractivity contribution in [3.05, 3.63) is 108 Å². The maximum Gasteiger partial charge on any atom is 0.405 e. The van der Waals surface area contributed by atoms with Gasteiger partial charge < -0.3 is 35.3 Å². The lowest BCUT2D eigenvalue weighted by atomic mass is 10.0. The van der Waals surface area contributed by atoms with Gasteiger partial charge >= 0.3 is 6.09 Å². The number of rotatable bonds is 9. The third-order valence-electron chi connectivity index (χ3n) is 9.68. The van der Waals surface area contributed by atoms with Gasteiger partial charge in [-0.05, 0) is 60.4 Å². The molecular weight excluding hydrogens is 634 g/mol. The molecule has 0 aliphatic carbocycles. The molecule has 12 heteroatoms. The first-order valence-electron chi connectivity index (χ1n) is 16.9. The van der Waals surface area contributed by atoms with Gasteiger partial charge in [-0.15, -0.1) is 0 Å². The molecule has 256 valence electrons. The van der Waals surface area contributed by atoms with Crippen LogP contribution in [0.5, 0.6) is 0 Å². The molecule has 5 N–H and O–H groups in total. The Morgan fingerprint density at radius 1 is 0.720 bits per heavy atom. The lowest BCUT2D eigenvalue weighted by molar-refractivity contribution is -0.141. The molecule has 5 aromatic rings. The van der Waals surface area contributed by atoms with Gasteiger partial charge in [-0.1, -0.05) is 78.9 Å². The SMILES string of the molecule is C[C@H](NC(=O)O)C(=O)N1CCC[C@H]1c1ncc(-c2ccc(-c3ccc(-c4cnc([C@@H]5CCCN5C(=O)[C@H](O)c5ccccc5)[nH]4)cc3)cc2)[nH]1. The number of nitrogens with zero attached hydrogens (tertiary/aromatic N) is 4. The number of hydrogen-bond acceptors (Lipinski definition) is 6. The summed E-state index contributed by atoms with van der Waals surface area (Å²) >= 11 is 0. The average molecular weight is 674 g/mol. The molecule has 0 bridgehead atoms. The van der Waals surface area contributed by atoms with E-state index in [1.807, 2.05) is 42.5 Å². The van der Waals surface area contributed by atoms with Crippen LogP contribution in [0, 0.1) is 0 Å². The molecule has 0 unspecified atom stereocenters. The van der Waals surface area contributed by atoms with E-state index in [9.17, 15) is 19.5 Å². The Kier molecular flexibility index (Phi) is 9.18. The van der Waals surface area contributed by atoms with Crippen molar-refractivity contribution < 1.29 is 24.6 Å². The minimum absolute atomic E-state index is 0.220. The fraction of sp³-hybridized carbons (Fsp3) is 0.289. The summed E-state index contributed by atoms with van der Waals surface area (Å²) in [4.78, 5) is 56.6. The Morgan fingerprint density at radius 3 is 1.66 bits per heavy atom. The maximum atomic E-state index is 13.2. The van der Waals surface area contributed by atoms with Crippen molar-refractivity contribution in [2.24, 2.45) is 0 Å². The number of carbonyl (C=O) groups excluding carboxylic acids is 2. The lowest BCUT2D eigenvalue weighted by Crippen LogP contribution is -2.46. The third kappa shape index (κ3) is 6.61. The number of hydrogen-bond donors (Lipinski definition) is 5. The van der Waals surface area contributed by atoms with E-state index in [0.29, 0.717) is 30.3 Å². The predicted molar refractivity (Wildman–Crippen MR) is 186 cm³/mol. The second-order valence-electron chi connectivity index (χ2n) is 12.9. The minimum Gasteiger partial charge on any atom is -0.465 e. The Hall–Kier alpha value is -5.75. The maximum absolute atomic E-state index is 13.2. The van der Waals surface area contributed by atoms with E-state index in [2.05, 4.69) is 49.5 Å². The number of carbonyl (C=O) groups is 3. The fourth-order valence-electron chi connectivity index (χ4n) is 7.05. The molecule has 0 spiro atoms. The van der Waals surface area contributed by atoms with Crippen LogP contribution in [0.25, 0.3) is 33.6 Å². The van der Waals surface area contributed by atoms with Crippen molar-refractivity contribution in [2.45, 2.75) is 56.8 Å². The van der Waals surface area contributed by atoms with Crippen molar-refractivity contribution in [1.29, 1.82) is 0 Å². The van der Waals surface area contributed by atoms with E-state index in [1.165, 1.54) is 0 Å². The molecule has 2 saturated heterocycles. The fourth-order valence-corrected chi connectivity index (χ4v) is 7.05. The third-order valence-corrected chi connectivity index (χ3v) is 9.68. The van der Waals surface area contributed by atoms with Gasteiger partial charge in [-0.2, -0.15) is 0 Å². The summed E-state index contributed by atoms with van der Waals surface area (Å²) < 4.78 is 0. The normalized spacial score (nSPS) is 18.6. The summed E-state index contributed by atoms with van der Waals surface area (Å²) in [5.41, 5.74) is 6.31. The van der Waals surface area contributed by atoms with Gasteiger partial charge in [0, 0.05) is 13.1 Å². The molecule has 12 nitrogen and oxygen atoms in total. The first kappa shape index (κ1) is 32.8. The van der Waals surface area contributed by atoms with Crippen LogP contribution in [0.3, 0.4) is 0 Å². The molecule has 2 aliphatic heterocycles. The van der Waals surface area contributed by atoms with E-state index in [1.54, 1.807) is 41.2 Å². The smallest absolute Gasteiger partial charge is 0.405 e. The highest BCUT2D eigenvalue weighted by Gasteiger charge is 2.36. The van der Waals surface area contributed by atoms with E-state index in [-0.39, 0.29) is 23.9 Å². The second-order valence-corrected chi connectivity index (χ2v) is 12.9. The number of carboxylic acid groups (broad SMARTS) is 1. The molecule has 3 amide bonds. The minimum atomic E-state index is -1.23. The van der Waals surface area contributed by atoms with E-state index in [0.717, 1.165) is 59.3 Å². The van der Waals surface area contributed by atoms with Gasteiger partial charge in [0.1, 0.15) is 17.7 Å². The summed E-state index contributed by atoms with van der Waals surface area (Å²) in [6.07, 6.45) is 4.33. The standard InChI is InChI=1S/C38H39N7O5/c1-23(41-38(49)50)36(47)44-19-5-9-31(44)34-39-21-29(42-34)26-15-11-24(12-16-26)25-13-17-27(18-14-25)30-22-40-35(43-30)32-10-6-20-45(32)37(48)33(46)28-7-3-2-4-8-28/h2-4,7-8,11-18,21-23,31-33,41,46H,5-6,9-10,19-20H2,1H3,(H,39,42)(H,40,43)(H,49,50)/t23-,31-,32-,33+/m0/s1. The highest BCUT2D eigenvalue weighted by molar-refractivity contribution is 5.85. The first-order valence-corrected chi connectivity index (χ1v) is 16.9. The van der Waals surface area contributed by atoms with Gasteiger partial charge in [0.2, 0.25) is 5.91 Å². The molecular formula is C38H39N7O5. The summed E-state index contributed by atoms with van der Waals surface area (Å²) in [6, 6.07) is 24.1. The van der Waals surface area contributed by atoms with Crippen molar-refractivity contribution >= 4 is 17.9 Å². The van der Waals surface area contributed by atoms with E-state index >= 15 is 0 Å². The Bertz CT molecular complexity index is 1970. The second kappa shape index (κ2) is 14.0. The Morgan fingerprint density at radius 2 is 1.18 bits per heavy atom. The van der Waals surface area contributed by atoms with Crippen molar-refractivity contribution in [2.75, 3.05) is 13.1 Å². The van der Waals surface area contributed by atoms with E-state index < -0.39 is 18.2 Å². The Labute approximate surface area is 289 Å². The zero-order valence-electron chi connectivity index (χ0n) is 27.6. The molecule has 0 saturated carbocycles. The molecule has 2 fully saturated rings. The molecule has 50 heavy (non-hydrogen) atoms. The van der Waals surface area contributed by atoms with Crippen molar-refractivity contribution in [3.8, 4) is 33.6 Å². The monoisotopic (exact) mass is 673 g/mol. The van der Waals surface area contributed by atoms with Crippen LogP contribution < -0.4 is 5.32 Å². The number of nitrogens with one attached hydrogen (secondary N) is 3. The Balaban J connectivity index is 1.00. The van der Waals surface area contributed by atoms with Crippen LogP contribution in [0.15, 0.2) is 91.3 Å². The van der Waals surface area contributed by atoms with Crippen LogP contribution in [0.4, 0.5) is 4.79 Å². The zero-order valence-corrected chi connectivity index (χ0v) is 27.6. The van der Waals surface area contributed by atoms with Crippen molar-refractivity contribution in [3.63, 3.8) is 0 Å². The summed E-state index contributed by atoms with van der Waals surface area (Å²) in [5.74, 6) is 0.828. The lowest BCUT2D eigenvalue weighted by Gasteiger charge is -2.26. The average Bonchev–Trinajstić information content (AvgIpc) is 3.98. The number of aromatic amines is 2. The van der Waals surface area contributed by atoms with Gasteiger partial charge in [0.25, 0.3) is 5.91 Å². The first-order chi connectivity index (χ1) is 24.3. The van der Waals surface area contributed by atoms with Crippen LogP contribution in [0.2, 0.25) is 0 Å². The molecule has 2 aromatic heterocycles. The van der Waals surface area contributed by atoms with Crippen LogP contribution in [-0.2, 0) is 9.59 Å². The summed E-state index contributed by atoms with van der Waals surface area (Å²) in [5, 5.41) is 22.0. The van der Waals surface area contributed by atoms with Crippen molar-refractivity contribution in [1.82, 2.24) is 35.1 Å². The predicted octanol–water partition coefficient (Wildman–Crippen LogP) is 5.85. The molecule has 2 aliphatic rings. The highest BCUT2D eigenvalue weighted by atomic mass is 16.4. The molecule has 3 aromatic carbocycles. The summed E-state index contributed by atoms with van der Waals surface area (Å²) in [7, 11) is 0. The number of aromatic nitrogens is 4. The number of imidazole rings is 2. The van der Waals surface area contributed by atoms with Gasteiger partial charge in [-0.25, -0.2) is 14.8 Å². The van der Waals surface area contributed by atoms with Crippen LogP contribution in [0.1, 0.15) is 68.0 Å². The molecule has 4 atom stereocenters. The van der Waals surface area contributed by atoms with Gasteiger partial charge in [0.15, 0.2) is 6.10 Å². The molecule has 0 radical (unpaired) electrons. The largest absolute Gasteiger partial charge is 0.465 e. The van der Waals surface area contributed by atoms with Crippen LogP contribution in [-0.4, -0.2) is 77.0 Å².